The van der Waals surface area contributed by atoms with E-state index in [1.165, 1.54) is 0 Å². The van der Waals surface area contributed by atoms with Crippen molar-refractivity contribution in [2.75, 3.05) is 13.1 Å². The Labute approximate surface area is 160 Å². The highest BCUT2D eigenvalue weighted by Gasteiger charge is 2.52. The largest absolute Gasteiger partial charge is 0.478 e. The molecule has 140 valence electrons. The van der Waals surface area contributed by atoms with E-state index in [9.17, 15) is 14.7 Å². The molecule has 9 heteroatoms. The quantitative estimate of drug-likeness (QED) is 0.668. The van der Waals surface area contributed by atoms with Crippen LogP contribution in [0.25, 0.3) is 0 Å². The highest BCUT2D eigenvalue weighted by molar-refractivity contribution is 8.14. The average molecular weight is 399 g/mol. The van der Waals surface area contributed by atoms with Gasteiger partial charge in [-0.05, 0) is 18.6 Å². The summed E-state index contributed by atoms with van der Waals surface area (Å²) in [4.78, 5) is 25.6. The predicted octanol–water partition coefficient (Wildman–Crippen LogP) is 2.39. The number of hydrogen-bond donors (Lipinski definition) is 3. The topological polar surface area (TPSA) is 110 Å². The molecule has 2 atom stereocenters. The van der Waals surface area contributed by atoms with Crippen LogP contribution in [0.15, 0.2) is 41.4 Å². The van der Waals surface area contributed by atoms with Gasteiger partial charge in [0.1, 0.15) is 0 Å². The number of fused-ring (bicyclic) bond motifs is 1. The number of carboxylic acids is 2. The number of benzene rings is 1. The van der Waals surface area contributed by atoms with E-state index in [-0.39, 0.29) is 5.25 Å². The number of halogens is 1. The molecule has 0 saturated carbocycles. The molecular formula is C17H19ClN2O5S. The lowest BCUT2D eigenvalue weighted by Gasteiger charge is -2.36. The Morgan fingerprint density at radius 1 is 1.31 bits per heavy atom. The molecule has 1 fully saturated rings. The maximum absolute atomic E-state index is 11.2. The number of hydrogen-bond acceptors (Lipinski definition) is 6. The van der Waals surface area contributed by atoms with Gasteiger partial charge in [-0.1, -0.05) is 42.4 Å². The van der Waals surface area contributed by atoms with Crippen molar-refractivity contribution in [3.05, 3.63) is 47.0 Å². The molecule has 0 aliphatic carbocycles. The van der Waals surface area contributed by atoms with Gasteiger partial charge < -0.3 is 20.2 Å². The Kier molecular flexibility index (Phi) is 6.69. The molecule has 0 amide bonds. The minimum Gasteiger partial charge on any atom is -0.478 e. The maximum Gasteiger partial charge on any atom is 0.328 e. The average Bonchev–Trinajstić information content (AvgIpc) is 3.16. The van der Waals surface area contributed by atoms with Crippen LogP contribution in [0.2, 0.25) is 5.02 Å². The van der Waals surface area contributed by atoms with E-state index in [4.69, 9.17) is 21.8 Å². The summed E-state index contributed by atoms with van der Waals surface area (Å²) in [6.45, 7) is 3.66. The monoisotopic (exact) mass is 398 g/mol. The molecule has 26 heavy (non-hydrogen) atoms. The van der Waals surface area contributed by atoms with E-state index in [1.807, 2.05) is 29.2 Å². The van der Waals surface area contributed by atoms with Crippen molar-refractivity contribution < 1.29 is 24.9 Å². The third kappa shape index (κ3) is 4.38. The summed E-state index contributed by atoms with van der Waals surface area (Å²) in [5.41, 5.74) is -0.0439. The Morgan fingerprint density at radius 2 is 1.88 bits per heavy atom. The Hall–Kier alpha value is -2.03. The molecule has 1 aromatic carbocycles. The lowest BCUT2D eigenvalue weighted by molar-refractivity contribution is -0.134. The van der Waals surface area contributed by atoms with Crippen molar-refractivity contribution in [1.82, 2.24) is 4.90 Å². The van der Waals surface area contributed by atoms with Crippen LogP contribution in [0.5, 0.6) is 0 Å². The van der Waals surface area contributed by atoms with Gasteiger partial charge in [-0.25, -0.2) is 9.59 Å². The van der Waals surface area contributed by atoms with Gasteiger partial charge in [0, 0.05) is 29.3 Å². The molecule has 2 heterocycles. The highest BCUT2D eigenvalue weighted by Crippen LogP contribution is 2.47. The molecule has 2 aliphatic heterocycles. The second-order valence-corrected chi connectivity index (χ2v) is 7.18. The lowest BCUT2D eigenvalue weighted by atomic mass is 9.96. The van der Waals surface area contributed by atoms with Crippen LogP contribution in [0, 0.1) is 0 Å². The van der Waals surface area contributed by atoms with Crippen LogP contribution in [-0.2, 0) is 15.3 Å². The first-order chi connectivity index (χ1) is 12.3. The molecule has 2 aliphatic rings. The number of aliphatic hydroxyl groups is 1. The van der Waals surface area contributed by atoms with Crippen LogP contribution >= 0.6 is 23.4 Å². The SMILES string of the molecule is CCC1SC2=NCCN2C1(O)c1ccc(Cl)cc1.O=C(O)C=CC(=O)O. The van der Waals surface area contributed by atoms with Gasteiger partial charge in [-0.3, -0.25) is 4.99 Å². The molecule has 1 aromatic rings. The number of amidine groups is 1. The van der Waals surface area contributed by atoms with Crippen molar-refractivity contribution >= 4 is 40.5 Å². The van der Waals surface area contributed by atoms with Crippen LogP contribution in [-0.4, -0.2) is 55.7 Å². The number of carboxylic acid groups (broad SMARTS) is 2. The van der Waals surface area contributed by atoms with Crippen molar-refractivity contribution in [1.29, 1.82) is 0 Å². The summed E-state index contributed by atoms with van der Waals surface area (Å²) < 4.78 is 0. The number of rotatable bonds is 4. The zero-order chi connectivity index (χ0) is 19.3. The third-order valence-electron chi connectivity index (χ3n) is 3.92. The van der Waals surface area contributed by atoms with Crippen LogP contribution in [0.1, 0.15) is 18.9 Å². The zero-order valence-corrected chi connectivity index (χ0v) is 15.6. The van der Waals surface area contributed by atoms with Crippen LogP contribution in [0.3, 0.4) is 0 Å². The number of nitrogens with zero attached hydrogens (tertiary/aromatic N) is 2. The molecule has 3 rings (SSSR count). The summed E-state index contributed by atoms with van der Waals surface area (Å²) in [6.07, 6.45) is 2.02. The fraction of sp³-hybridized carbons (Fsp3) is 0.353. The molecule has 0 spiro atoms. The van der Waals surface area contributed by atoms with Crippen molar-refractivity contribution in [2.45, 2.75) is 24.3 Å². The van der Waals surface area contributed by atoms with Gasteiger partial charge in [0.05, 0.1) is 11.8 Å². The van der Waals surface area contributed by atoms with Crippen molar-refractivity contribution in [2.24, 2.45) is 4.99 Å². The zero-order valence-electron chi connectivity index (χ0n) is 14.0. The van der Waals surface area contributed by atoms with Gasteiger partial charge in [-0.15, -0.1) is 0 Å². The molecule has 2 unspecified atom stereocenters. The van der Waals surface area contributed by atoms with Gasteiger partial charge in [0.25, 0.3) is 0 Å². The summed E-state index contributed by atoms with van der Waals surface area (Å²) in [5.74, 6) is -2.51. The van der Waals surface area contributed by atoms with E-state index in [0.717, 1.165) is 30.2 Å². The number of aliphatic imine (C=N–C) groups is 1. The Morgan fingerprint density at radius 3 is 2.38 bits per heavy atom. The molecule has 0 radical (unpaired) electrons. The molecule has 1 saturated heterocycles. The normalized spacial score (nSPS) is 24.0. The maximum atomic E-state index is 11.2. The Balaban J connectivity index is 0.000000260. The fourth-order valence-corrected chi connectivity index (χ4v) is 4.27. The first kappa shape index (κ1) is 20.3. The second-order valence-electron chi connectivity index (χ2n) is 5.57. The predicted molar refractivity (Wildman–Crippen MR) is 100 cm³/mol. The molecule has 7 nitrogen and oxygen atoms in total. The summed E-state index contributed by atoms with van der Waals surface area (Å²) in [6, 6.07) is 7.48. The molecular weight excluding hydrogens is 380 g/mol. The van der Waals surface area contributed by atoms with E-state index in [1.54, 1.807) is 11.8 Å². The minimum atomic E-state index is -1.26. The number of carbonyl (C=O) groups is 2. The number of thioether (sulfide) groups is 1. The van der Waals surface area contributed by atoms with Gasteiger partial charge >= 0.3 is 11.9 Å². The first-order valence-electron chi connectivity index (χ1n) is 7.90. The molecule has 0 aromatic heterocycles. The summed E-state index contributed by atoms with van der Waals surface area (Å²) in [5, 5.41) is 28.6. The van der Waals surface area contributed by atoms with E-state index in [0.29, 0.717) is 17.2 Å². The van der Waals surface area contributed by atoms with Gasteiger partial charge in [-0.2, -0.15) is 0 Å². The van der Waals surface area contributed by atoms with Crippen molar-refractivity contribution in [3.63, 3.8) is 0 Å². The van der Waals surface area contributed by atoms with Crippen LogP contribution < -0.4 is 0 Å². The van der Waals surface area contributed by atoms with E-state index >= 15 is 0 Å². The minimum absolute atomic E-state index is 0.123. The van der Waals surface area contributed by atoms with E-state index in [2.05, 4.69) is 11.9 Å². The highest BCUT2D eigenvalue weighted by atomic mass is 35.5. The van der Waals surface area contributed by atoms with Crippen LogP contribution in [0.4, 0.5) is 0 Å². The van der Waals surface area contributed by atoms with E-state index < -0.39 is 17.7 Å². The van der Waals surface area contributed by atoms with Gasteiger partial charge in [0.2, 0.25) is 0 Å². The van der Waals surface area contributed by atoms with Gasteiger partial charge in [0.15, 0.2) is 10.9 Å². The standard InChI is InChI=1S/C13H15ClN2OS.C4H4O4/c1-2-11-13(17,9-3-5-10(14)6-4-9)16-8-7-15-12(16)18-11;5-3(6)1-2-4(7)8/h3-6,11,17H,2,7-8H2,1H3;1-2H,(H,5,6)(H,7,8). The Bertz CT molecular complexity index is 721. The molecule has 3 N–H and O–H groups in total. The second kappa shape index (κ2) is 8.57. The lowest BCUT2D eigenvalue weighted by Crippen LogP contribution is -2.47. The number of aliphatic carboxylic acids is 2. The molecule has 0 bridgehead atoms. The smallest absolute Gasteiger partial charge is 0.328 e. The third-order valence-corrected chi connectivity index (χ3v) is 5.68. The van der Waals surface area contributed by atoms with Crippen molar-refractivity contribution in [3.8, 4) is 0 Å². The summed E-state index contributed by atoms with van der Waals surface area (Å²) >= 11 is 7.60. The first-order valence-corrected chi connectivity index (χ1v) is 9.15. The fourth-order valence-electron chi connectivity index (χ4n) is 2.77. The summed E-state index contributed by atoms with van der Waals surface area (Å²) in [7, 11) is 0.